The molecule has 4 N–H and O–H groups in total. The van der Waals surface area contributed by atoms with Gasteiger partial charge < -0.3 is 21.1 Å². The maximum Gasteiger partial charge on any atom is 0.269 e. The van der Waals surface area contributed by atoms with Crippen LogP contribution in [0.2, 0.25) is 0 Å². The minimum absolute atomic E-state index is 0.119. The van der Waals surface area contributed by atoms with Crippen molar-refractivity contribution in [2.45, 2.75) is 12.5 Å². The van der Waals surface area contributed by atoms with Gasteiger partial charge in [0.25, 0.3) is 5.91 Å². The van der Waals surface area contributed by atoms with Crippen LogP contribution in [-0.4, -0.2) is 49.1 Å². The van der Waals surface area contributed by atoms with Crippen molar-refractivity contribution in [3.8, 4) is 0 Å². The van der Waals surface area contributed by atoms with Gasteiger partial charge in [-0.1, -0.05) is 0 Å². The summed E-state index contributed by atoms with van der Waals surface area (Å²) in [5.74, 6) is -0.903. The first-order valence-electron chi connectivity index (χ1n) is 6.53. The average Bonchev–Trinajstić information content (AvgIpc) is 2.48. The Morgan fingerprint density at radius 1 is 1.55 bits per heavy atom. The molecule has 1 aliphatic heterocycles. The number of ether oxygens (including phenoxy) is 1. The zero-order chi connectivity index (χ0) is 14.4. The number of hydrogen-bond acceptors (Lipinski definition) is 5. The Labute approximate surface area is 116 Å². The van der Waals surface area contributed by atoms with Gasteiger partial charge >= 0.3 is 0 Å². The van der Waals surface area contributed by atoms with Gasteiger partial charge in [-0.15, -0.1) is 0 Å². The van der Waals surface area contributed by atoms with Gasteiger partial charge in [-0.3, -0.25) is 14.6 Å². The third-order valence-electron chi connectivity index (χ3n) is 3.03. The van der Waals surface area contributed by atoms with E-state index in [4.69, 9.17) is 10.5 Å². The number of aromatic nitrogens is 1. The highest BCUT2D eigenvalue weighted by molar-refractivity contribution is 5.97. The lowest BCUT2D eigenvalue weighted by Gasteiger charge is -2.23. The summed E-state index contributed by atoms with van der Waals surface area (Å²) >= 11 is 0. The molecule has 7 nitrogen and oxygen atoms in total. The zero-order valence-corrected chi connectivity index (χ0v) is 11.1. The lowest BCUT2D eigenvalue weighted by molar-refractivity contribution is 0.0239. The van der Waals surface area contributed by atoms with Crippen LogP contribution in [-0.2, 0) is 4.74 Å². The number of amides is 2. The first kappa shape index (κ1) is 14.4. The van der Waals surface area contributed by atoms with Crippen LogP contribution in [0.15, 0.2) is 18.3 Å². The average molecular weight is 278 g/mol. The molecule has 2 rings (SSSR count). The number of carbonyl (C=O) groups is 2. The van der Waals surface area contributed by atoms with Crippen LogP contribution in [0, 0.1) is 0 Å². The maximum absolute atomic E-state index is 11.9. The molecule has 1 aromatic rings. The molecule has 2 heterocycles. The Bertz CT molecular complexity index is 486. The highest BCUT2D eigenvalue weighted by Gasteiger charge is 2.14. The fraction of sp³-hybridized carbons (Fsp3) is 0.462. The highest BCUT2D eigenvalue weighted by Crippen LogP contribution is 2.03. The number of primary amides is 1. The second kappa shape index (κ2) is 6.97. The normalized spacial score (nSPS) is 18.5. The van der Waals surface area contributed by atoms with Gasteiger partial charge in [-0.25, -0.2) is 0 Å². The number of carbonyl (C=O) groups excluding carboxylic acids is 2. The lowest BCUT2D eigenvalue weighted by Crippen LogP contribution is -2.40. The monoisotopic (exact) mass is 278 g/mol. The van der Waals surface area contributed by atoms with E-state index in [0.717, 1.165) is 19.5 Å². The van der Waals surface area contributed by atoms with Crippen molar-refractivity contribution in [1.82, 2.24) is 15.6 Å². The van der Waals surface area contributed by atoms with Crippen LogP contribution in [0.25, 0.3) is 0 Å². The molecule has 0 aromatic carbocycles. The fourth-order valence-corrected chi connectivity index (χ4v) is 1.95. The SMILES string of the molecule is NC(=O)c1ccnc(C(=O)NCCC2CNCCO2)c1. The molecule has 0 bridgehead atoms. The van der Waals surface area contributed by atoms with E-state index in [0.29, 0.717) is 13.2 Å². The highest BCUT2D eigenvalue weighted by atomic mass is 16.5. The number of nitrogens with zero attached hydrogens (tertiary/aromatic N) is 1. The van der Waals surface area contributed by atoms with E-state index in [-0.39, 0.29) is 23.3 Å². The Morgan fingerprint density at radius 2 is 2.40 bits per heavy atom. The minimum atomic E-state index is -0.580. The van der Waals surface area contributed by atoms with Crippen molar-refractivity contribution < 1.29 is 14.3 Å². The van der Waals surface area contributed by atoms with Gasteiger partial charge in [0.15, 0.2) is 0 Å². The van der Waals surface area contributed by atoms with Gasteiger partial charge in [0.2, 0.25) is 5.91 Å². The summed E-state index contributed by atoms with van der Waals surface area (Å²) in [5, 5.41) is 5.97. The van der Waals surface area contributed by atoms with Crippen LogP contribution in [0.4, 0.5) is 0 Å². The molecule has 0 radical (unpaired) electrons. The van der Waals surface area contributed by atoms with E-state index in [2.05, 4.69) is 15.6 Å². The summed E-state index contributed by atoms with van der Waals surface area (Å²) in [6, 6.07) is 2.86. The van der Waals surface area contributed by atoms with Crippen molar-refractivity contribution in [1.29, 1.82) is 0 Å². The predicted molar refractivity (Wildman–Crippen MR) is 72.3 cm³/mol. The second-order valence-electron chi connectivity index (χ2n) is 4.54. The number of nitrogens with one attached hydrogen (secondary N) is 2. The molecule has 1 atom stereocenters. The number of nitrogens with two attached hydrogens (primary N) is 1. The lowest BCUT2D eigenvalue weighted by atomic mass is 10.2. The number of rotatable bonds is 5. The van der Waals surface area contributed by atoms with E-state index in [1.807, 2.05) is 0 Å². The molecule has 0 saturated carbocycles. The van der Waals surface area contributed by atoms with Gasteiger partial charge in [0.1, 0.15) is 5.69 Å². The van der Waals surface area contributed by atoms with Crippen molar-refractivity contribution in [3.05, 3.63) is 29.6 Å². The Morgan fingerprint density at radius 3 is 3.10 bits per heavy atom. The molecule has 20 heavy (non-hydrogen) atoms. The van der Waals surface area contributed by atoms with Crippen molar-refractivity contribution >= 4 is 11.8 Å². The smallest absolute Gasteiger partial charge is 0.269 e. The summed E-state index contributed by atoms with van der Waals surface area (Å²) < 4.78 is 5.53. The van der Waals surface area contributed by atoms with E-state index in [9.17, 15) is 9.59 Å². The molecule has 1 saturated heterocycles. The van der Waals surface area contributed by atoms with Crippen LogP contribution in [0.3, 0.4) is 0 Å². The van der Waals surface area contributed by atoms with E-state index in [1.54, 1.807) is 0 Å². The topological polar surface area (TPSA) is 106 Å². The molecule has 0 aliphatic carbocycles. The summed E-state index contributed by atoms with van der Waals surface area (Å²) in [6.07, 6.45) is 2.24. The van der Waals surface area contributed by atoms with Crippen molar-refractivity contribution in [2.24, 2.45) is 5.73 Å². The van der Waals surface area contributed by atoms with Gasteiger partial charge in [-0.05, 0) is 18.6 Å². The maximum atomic E-state index is 11.9. The predicted octanol–water partition coefficient (Wildman–Crippen LogP) is -0.711. The number of pyridine rings is 1. The fourth-order valence-electron chi connectivity index (χ4n) is 1.95. The third kappa shape index (κ3) is 4.01. The summed E-state index contributed by atoms with van der Waals surface area (Å²) in [6.45, 7) is 2.85. The van der Waals surface area contributed by atoms with Crippen LogP contribution in [0.1, 0.15) is 27.3 Å². The molecular formula is C13H18N4O3. The van der Waals surface area contributed by atoms with Gasteiger partial charge in [0.05, 0.1) is 12.7 Å². The minimum Gasteiger partial charge on any atom is -0.376 e. The summed E-state index contributed by atoms with van der Waals surface area (Å²) in [7, 11) is 0. The van der Waals surface area contributed by atoms with Gasteiger partial charge in [0, 0.05) is 31.4 Å². The van der Waals surface area contributed by atoms with Crippen molar-refractivity contribution in [2.75, 3.05) is 26.2 Å². The van der Waals surface area contributed by atoms with Gasteiger partial charge in [-0.2, -0.15) is 0 Å². The van der Waals surface area contributed by atoms with Crippen LogP contribution in [0.5, 0.6) is 0 Å². The molecule has 0 spiro atoms. The second-order valence-corrected chi connectivity index (χ2v) is 4.54. The molecule has 1 fully saturated rings. The molecule has 108 valence electrons. The van der Waals surface area contributed by atoms with E-state index < -0.39 is 5.91 Å². The molecule has 1 unspecified atom stereocenters. The molecule has 1 aromatic heterocycles. The molecule has 7 heteroatoms. The first-order valence-corrected chi connectivity index (χ1v) is 6.53. The molecule has 2 amide bonds. The number of hydrogen-bond donors (Lipinski definition) is 3. The number of morpholine rings is 1. The first-order chi connectivity index (χ1) is 9.66. The quantitative estimate of drug-likeness (QED) is 0.659. The standard InChI is InChI=1S/C13H18N4O3/c14-12(18)9-1-3-16-11(7-9)13(19)17-4-2-10-8-15-5-6-20-10/h1,3,7,10,15H,2,4-6,8H2,(H2,14,18)(H,17,19). The van der Waals surface area contributed by atoms with E-state index in [1.165, 1.54) is 18.3 Å². The van der Waals surface area contributed by atoms with Crippen LogP contribution < -0.4 is 16.4 Å². The molecular weight excluding hydrogens is 260 g/mol. The third-order valence-corrected chi connectivity index (χ3v) is 3.03. The summed E-state index contributed by atoms with van der Waals surface area (Å²) in [5.41, 5.74) is 5.61. The van der Waals surface area contributed by atoms with Crippen molar-refractivity contribution in [3.63, 3.8) is 0 Å². The Kier molecular flexibility index (Phi) is 5.03. The Hall–Kier alpha value is -1.99. The molecule has 1 aliphatic rings. The van der Waals surface area contributed by atoms with E-state index >= 15 is 0 Å². The summed E-state index contributed by atoms with van der Waals surface area (Å²) in [4.78, 5) is 26.8. The Balaban J connectivity index is 1.82. The van der Waals surface area contributed by atoms with Crippen LogP contribution >= 0.6 is 0 Å². The largest absolute Gasteiger partial charge is 0.376 e. The zero-order valence-electron chi connectivity index (χ0n) is 11.1.